The van der Waals surface area contributed by atoms with Gasteiger partial charge < -0.3 is 11.5 Å². The Hall–Kier alpha value is -1.02. The van der Waals surface area contributed by atoms with Gasteiger partial charge in [0.1, 0.15) is 0 Å². The van der Waals surface area contributed by atoms with Gasteiger partial charge in [-0.15, -0.1) is 0 Å². The average molecular weight is 244 g/mol. The van der Waals surface area contributed by atoms with Crippen LogP contribution in [0.2, 0.25) is 0 Å². The molecule has 2 heteroatoms. The van der Waals surface area contributed by atoms with Crippen molar-refractivity contribution in [1.29, 1.82) is 0 Å². The number of nitrogens with one attached hydrogen (secondary N) is 1. The highest BCUT2D eigenvalue weighted by atomic mass is 15.0. The monoisotopic (exact) mass is 244 g/mol. The normalized spacial score (nSPS) is 40.3. The summed E-state index contributed by atoms with van der Waals surface area (Å²) in [7, 11) is 0. The Kier molecular flexibility index (Phi) is 2.86. The van der Waals surface area contributed by atoms with Crippen molar-refractivity contribution in [3.8, 4) is 0 Å². The van der Waals surface area contributed by atoms with Crippen LogP contribution in [0.3, 0.4) is 0 Å². The lowest BCUT2D eigenvalue weighted by atomic mass is 9.53. The molecule has 0 atom stereocenters. The van der Waals surface area contributed by atoms with Gasteiger partial charge in [0.05, 0.1) is 0 Å². The van der Waals surface area contributed by atoms with E-state index in [0.29, 0.717) is 5.54 Å². The van der Waals surface area contributed by atoms with Gasteiger partial charge in [0.15, 0.2) is 0 Å². The van der Waals surface area contributed by atoms with E-state index in [4.69, 9.17) is 0 Å². The SMILES string of the molecule is N.c1ccc(NC23CC4CC(CC(C4)C2)C3)cc1. The summed E-state index contributed by atoms with van der Waals surface area (Å²) >= 11 is 0. The van der Waals surface area contributed by atoms with E-state index in [9.17, 15) is 0 Å². The fraction of sp³-hybridized carbons (Fsp3) is 0.625. The molecule has 4 aliphatic rings. The molecule has 0 aromatic heterocycles. The lowest BCUT2D eigenvalue weighted by Gasteiger charge is -2.57. The molecule has 98 valence electrons. The Morgan fingerprint density at radius 2 is 1.33 bits per heavy atom. The van der Waals surface area contributed by atoms with Crippen molar-refractivity contribution in [1.82, 2.24) is 6.15 Å². The quantitative estimate of drug-likeness (QED) is 0.817. The van der Waals surface area contributed by atoms with Crippen LogP contribution in [-0.2, 0) is 0 Å². The van der Waals surface area contributed by atoms with Gasteiger partial charge in [-0.25, -0.2) is 0 Å². The topological polar surface area (TPSA) is 47.0 Å². The van der Waals surface area contributed by atoms with Crippen LogP contribution in [0.25, 0.3) is 0 Å². The van der Waals surface area contributed by atoms with Gasteiger partial charge >= 0.3 is 0 Å². The maximum absolute atomic E-state index is 3.89. The molecule has 0 aliphatic heterocycles. The summed E-state index contributed by atoms with van der Waals surface area (Å²) in [6.45, 7) is 0. The third-order valence-corrected chi connectivity index (χ3v) is 5.22. The van der Waals surface area contributed by atoms with E-state index in [0.717, 1.165) is 17.8 Å². The molecule has 4 fully saturated rings. The van der Waals surface area contributed by atoms with Crippen LogP contribution in [0.15, 0.2) is 30.3 Å². The molecule has 5 rings (SSSR count). The van der Waals surface area contributed by atoms with E-state index in [1.54, 1.807) is 0 Å². The number of benzene rings is 1. The van der Waals surface area contributed by atoms with Crippen molar-refractivity contribution in [3.05, 3.63) is 30.3 Å². The smallest absolute Gasteiger partial charge is 0.0381 e. The maximum Gasteiger partial charge on any atom is 0.0381 e. The van der Waals surface area contributed by atoms with Crippen molar-refractivity contribution in [2.24, 2.45) is 17.8 Å². The van der Waals surface area contributed by atoms with Gasteiger partial charge in [0, 0.05) is 11.2 Å². The van der Waals surface area contributed by atoms with Crippen molar-refractivity contribution in [2.45, 2.75) is 44.1 Å². The Balaban J connectivity index is 0.000001000. The Morgan fingerprint density at radius 3 is 1.83 bits per heavy atom. The minimum atomic E-state index is 0. The molecule has 2 nitrogen and oxygen atoms in total. The summed E-state index contributed by atoms with van der Waals surface area (Å²) in [4.78, 5) is 0. The first-order valence-corrected chi connectivity index (χ1v) is 7.15. The van der Waals surface area contributed by atoms with Crippen molar-refractivity contribution in [2.75, 3.05) is 5.32 Å². The van der Waals surface area contributed by atoms with E-state index in [-0.39, 0.29) is 6.15 Å². The summed E-state index contributed by atoms with van der Waals surface area (Å²) in [5, 5.41) is 3.89. The number of hydrogen-bond donors (Lipinski definition) is 2. The summed E-state index contributed by atoms with van der Waals surface area (Å²) < 4.78 is 0. The van der Waals surface area contributed by atoms with Crippen LogP contribution in [-0.4, -0.2) is 5.54 Å². The van der Waals surface area contributed by atoms with E-state index in [2.05, 4.69) is 35.6 Å². The number of rotatable bonds is 2. The molecule has 0 saturated heterocycles. The molecule has 4 saturated carbocycles. The van der Waals surface area contributed by atoms with Crippen molar-refractivity contribution in [3.63, 3.8) is 0 Å². The minimum absolute atomic E-state index is 0. The first kappa shape index (κ1) is 12.0. The van der Waals surface area contributed by atoms with E-state index >= 15 is 0 Å². The van der Waals surface area contributed by atoms with Gasteiger partial charge in [-0.2, -0.15) is 0 Å². The highest BCUT2D eigenvalue weighted by Gasteiger charge is 2.50. The van der Waals surface area contributed by atoms with Gasteiger partial charge in [0.2, 0.25) is 0 Å². The standard InChI is InChI=1S/C16H21N.H3N/c1-2-4-15(5-3-1)17-16-9-12-6-13(10-16)8-14(7-12)11-16;/h1-5,12-14,17H,6-11H2;1H3. The zero-order valence-electron chi connectivity index (χ0n) is 11.1. The lowest BCUT2D eigenvalue weighted by Crippen LogP contribution is -2.54. The van der Waals surface area contributed by atoms with Gasteiger partial charge in [-0.3, -0.25) is 0 Å². The zero-order valence-corrected chi connectivity index (χ0v) is 11.1. The Morgan fingerprint density at radius 1 is 0.833 bits per heavy atom. The first-order chi connectivity index (χ1) is 8.31. The Bertz CT molecular complexity index is 377. The highest BCUT2D eigenvalue weighted by molar-refractivity contribution is 5.46. The molecule has 0 unspecified atom stereocenters. The fourth-order valence-electron chi connectivity index (χ4n) is 5.09. The molecule has 4 aliphatic carbocycles. The third kappa shape index (κ3) is 1.93. The highest BCUT2D eigenvalue weighted by Crippen LogP contribution is 2.56. The molecule has 0 heterocycles. The van der Waals surface area contributed by atoms with E-state index in [1.807, 2.05) is 0 Å². The maximum atomic E-state index is 3.89. The van der Waals surface area contributed by atoms with E-state index in [1.165, 1.54) is 44.2 Å². The number of hydrogen-bond acceptors (Lipinski definition) is 2. The molecule has 4 N–H and O–H groups in total. The molecule has 0 radical (unpaired) electrons. The zero-order chi connectivity index (χ0) is 11.3. The van der Waals surface area contributed by atoms with Crippen LogP contribution >= 0.6 is 0 Å². The summed E-state index contributed by atoms with van der Waals surface area (Å²) in [6, 6.07) is 10.8. The van der Waals surface area contributed by atoms with Gasteiger partial charge in [-0.05, 0) is 68.4 Å². The summed E-state index contributed by atoms with van der Waals surface area (Å²) in [6.07, 6.45) is 8.84. The van der Waals surface area contributed by atoms with Crippen LogP contribution in [0.5, 0.6) is 0 Å². The molecule has 0 amide bonds. The summed E-state index contributed by atoms with van der Waals surface area (Å²) in [5.41, 5.74) is 1.78. The van der Waals surface area contributed by atoms with Gasteiger partial charge in [0.25, 0.3) is 0 Å². The fourth-order valence-corrected chi connectivity index (χ4v) is 5.09. The Labute approximate surface area is 110 Å². The summed E-state index contributed by atoms with van der Waals surface area (Å²) in [5.74, 6) is 3.08. The van der Waals surface area contributed by atoms with Crippen LogP contribution in [0.1, 0.15) is 38.5 Å². The molecule has 4 bridgehead atoms. The second-order valence-electron chi connectivity index (χ2n) is 6.69. The second kappa shape index (κ2) is 4.27. The molecular weight excluding hydrogens is 220 g/mol. The average Bonchev–Trinajstić information content (AvgIpc) is 2.27. The van der Waals surface area contributed by atoms with E-state index < -0.39 is 0 Å². The molecule has 1 aromatic carbocycles. The van der Waals surface area contributed by atoms with Crippen LogP contribution in [0, 0.1) is 17.8 Å². The minimum Gasteiger partial charge on any atom is -0.380 e. The molecule has 1 aromatic rings. The number of para-hydroxylation sites is 1. The molecular formula is C16H24N2. The first-order valence-electron chi connectivity index (χ1n) is 7.15. The van der Waals surface area contributed by atoms with Gasteiger partial charge in [-0.1, -0.05) is 18.2 Å². The molecule has 18 heavy (non-hydrogen) atoms. The van der Waals surface area contributed by atoms with Crippen molar-refractivity contribution >= 4 is 5.69 Å². The third-order valence-electron chi connectivity index (χ3n) is 5.22. The van der Waals surface area contributed by atoms with Crippen LogP contribution in [0.4, 0.5) is 5.69 Å². The largest absolute Gasteiger partial charge is 0.380 e. The predicted molar refractivity (Wildman–Crippen MR) is 76.0 cm³/mol. The second-order valence-corrected chi connectivity index (χ2v) is 6.69. The molecule has 0 spiro atoms. The van der Waals surface area contributed by atoms with Crippen LogP contribution < -0.4 is 11.5 Å². The predicted octanol–water partition coefficient (Wildman–Crippen LogP) is 4.23. The lowest BCUT2D eigenvalue weighted by molar-refractivity contribution is 0.0107. The number of anilines is 1. The van der Waals surface area contributed by atoms with Crippen molar-refractivity contribution < 1.29 is 0 Å².